The van der Waals surface area contributed by atoms with Crippen molar-refractivity contribution < 1.29 is 9.53 Å². The van der Waals surface area contributed by atoms with Crippen molar-refractivity contribution in [2.24, 2.45) is 0 Å². The second kappa shape index (κ2) is 8.35. The number of para-hydroxylation sites is 1. The highest BCUT2D eigenvalue weighted by atomic mass is 79.9. The number of aryl methyl sites for hydroxylation is 1. The highest BCUT2D eigenvalue weighted by Crippen LogP contribution is 2.24. The van der Waals surface area contributed by atoms with Crippen LogP contribution in [0.15, 0.2) is 57.8 Å². The molecule has 0 saturated carbocycles. The zero-order valence-electron chi connectivity index (χ0n) is 17.2. The van der Waals surface area contributed by atoms with E-state index < -0.39 is 0 Å². The van der Waals surface area contributed by atoms with E-state index in [1.165, 1.54) is 16.5 Å². The number of H-pyrrole nitrogens is 1. The van der Waals surface area contributed by atoms with Gasteiger partial charge >= 0.3 is 0 Å². The summed E-state index contributed by atoms with van der Waals surface area (Å²) in [5, 5.41) is 2.94. The van der Waals surface area contributed by atoms with Gasteiger partial charge in [0.15, 0.2) is 0 Å². The normalized spacial score (nSPS) is 11.0. The van der Waals surface area contributed by atoms with E-state index in [1.54, 1.807) is 38.1 Å². The molecule has 0 bridgehead atoms. The molecule has 0 aliphatic rings. The number of hydrogen-bond donors (Lipinski definition) is 1. The maximum atomic E-state index is 13.6. The first-order valence-electron chi connectivity index (χ1n) is 9.54. The Hall–Kier alpha value is -3.46. The third-order valence-corrected chi connectivity index (χ3v) is 5.57. The molecule has 0 aliphatic carbocycles. The average molecular weight is 482 g/mol. The van der Waals surface area contributed by atoms with Crippen molar-refractivity contribution in [2.45, 2.75) is 20.4 Å². The lowest BCUT2D eigenvalue weighted by atomic mass is 10.1. The van der Waals surface area contributed by atoms with Crippen LogP contribution < -0.4 is 15.2 Å². The van der Waals surface area contributed by atoms with Gasteiger partial charge in [-0.2, -0.15) is 9.50 Å². The Morgan fingerprint density at radius 2 is 1.84 bits per heavy atom. The van der Waals surface area contributed by atoms with Crippen LogP contribution >= 0.6 is 15.9 Å². The fourth-order valence-corrected chi connectivity index (χ4v) is 3.46. The minimum atomic E-state index is -0.319. The number of nitrogens with zero attached hydrogens (tertiary/aromatic N) is 4. The number of nitrogens with one attached hydrogen (secondary N) is 1. The highest BCUT2D eigenvalue weighted by Gasteiger charge is 2.25. The molecule has 2 aromatic heterocycles. The summed E-state index contributed by atoms with van der Waals surface area (Å²) in [6, 6.07) is 14.6. The molecular formula is C22H20BrN5O3. The number of anilines is 1. The number of aromatic nitrogens is 4. The molecule has 0 saturated heterocycles. The highest BCUT2D eigenvalue weighted by molar-refractivity contribution is 9.10. The molecule has 2 heterocycles. The number of fused-ring (bicyclic) bond motifs is 1. The van der Waals surface area contributed by atoms with Gasteiger partial charge in [-0.15, -0.1) is 0 Å². The Morgan fingerprint density at radius 3 is 2.55 bits per heavy atom. The molecular weight excluding hydrogens is 462 g/mol. The molecule has 8 nitrogen and oxygen atoms in total. The topological polar surface area (TPSA) is 92.6 Å². The molecule has 9 heteroatoms. The lowest BCUT2D eigenvalue weighted by Gasteiger charge is -2.21. The van der Waals surface area contributed by atoms with Crippen molar-refractivity contribution in [1.82, 2.24) is 19.6 Å². The quantitative estimate of drug-likeness (QED) is 0.469. The smallest absolute Gasteiger partial charge is 0.277 e. The largest absolute Gasteiger partial charge is 0.496 e. The van der Waals surface area contributed by atoms with Gasteiger partial charge in [-0.25, -0.2) is 4.98 Å². The molecule has 0 fully saturated rings. The Labute approximate surface area is 186 Å². The zero-order chi connectivity index (χ0) is 22.1. The first-order chi connectivity index (χ1) is 14.9. The Kier molecular flexibility index (Phi) is 5.60. The van der Waals surface area contributed by atoms with Gasteiger partial charge in [0.25, 0.3) is 17.2 Å². The molecule has 1 N–H and O–H groups in total. The molecule has 0 atom stereocenters. The summed E-state index contributed by atoms with van der Waals surface area (Å²) in [6.45, 7) is 3.69. The first-order valence-corrected chi connectivity index (χ1v) is 10.3. The Morgan fingerprint density at radius 1 is 1.13 bits per heavy atom. The third kappa shape index (κ3) is 3.96. The van der Waals surface area contributed by atoms with Crippen molar-refractivity contribution >= 4 is 33.6 Å². The average Bonchev–Trinajstić information content (AvgIpc) is 3.20. The van der Waals surface area contributed by atoms with Crippen LogP contribution in [0.2, 0.25) is 0 Å². The van der Waals surface area contributed by atoms with Crippen LogP contribution in [0.4, 0.5) is 5.95 Å². The van der Waals surface area contributed by atoms with E-state index in [2.05, 4.69) is 31.0 Å². The number of hydrogen-bond acceptors (Lipinski definition) is 5. The summed E-state index contributed by atoms with van der Waals surface area (Å²) in [7, 11) is 1.52. The monoisotopic (exact) mass is 481 g/mol. The SMILES string of the molecule is COc1ccccc1C(=O)N(Cc1ccc(Br)cc1)c1nc2nc(C)c(C)c(=O)n2[nH]1. The number of carbonyl (C=O) groups excluding carboxylic acids is 1. The minimum absolute atomic E-state index is 0.205. The second-order valence-electron chi connectivity index (χ2n) is 7.03. The number of benzene rings is 2. The summed E-state index contributed by atoms with van der Waals surface area (Å²) >= 11 is 3.42. The number of methoxy groups -OCH3 is 1. The standard InChI is InChI=1S/C22H20BrN5O3/c1-13-14(2)24-21-25-22(26-28(21)19(13)29)27(12-15-8-10-16(23)11-9-15)20(30)17-6-4-5-7-18(17)31-3/h4-11H,12H2,1-3H3,(H,24,25,26). The van der Waals surface area contributed by atoms with E-state index >= 15 is 0 Å². The van der Waals surface area contributed by atoms with Gasteiger partial charge in [-0.05, 0) is 43.7 Å². The number of rotatable bonds is 5. The van der Waals surface area contributed by atoms with Crippen LogP contribution in [0, 0.1) is 13.8 Å². The second-order valence-corrected chi connectivity index (χ2v) is 7.94. The molecule has 2 aromatic carbocycles. The van der Waals surface area contributed by atoms with Crippen molar-refractivity contribution in [3.05, 3.63) is 85.7 Å². The van der Waals surface area contributed by atoms with Gasteiger partial charge in [0.2, 0.25) is 5.95 Å². The van der Waals surface area contributed by atoms with Crippen LogP contribution in [-0.2, 0) is 6.54 Å². The summed E-state index contributed by atoms with van der Waals surface area (Å²) < 4.78 is 7.56. The van der Waals surface area contributed by atoms with Crippen LogP contribution in [0.5, 0.6) is 5.75 Å². The summed E-state index contributed by atoms with van der Waals surface area (Å²) in [5.74, 6) is 0.553. The van der Waals surface area contributed by atoms with Crippen molar-refractivity contribution in [2.75, 3.05) is 12.0 Å². The van der Waals surface area contributed by atoms with E-state index in [1.807, 2.05) is 24.3 Å². The molecule has 1 amide bonds. The van der Waals surface area contributed by atoms with Crippen molar-refractivity contribution in [1.29, 1.82) is 0 Å². The Bertz CT molecular complexity index is 1330. The predicted octanol–water partition coefficient (Wildman–Crippen LogP) is 3.65. The van der Waals surface area contributed by atoms with Gasteiger partial charge in [-0.1, -0.05) is 40.2 Å². The summed E-state index contributed by atoms with van der Waals surface area (Å²) in [5.41, 5.74) is 2.13. The van der Waals surface area contributed by atoms with E-state index in [9.17, 15) is 9.59 Å². The lowest BCUT2D eigenvalue weighted by molar-refractivity contribution is 0.0980. The number of halogens is 1. The zero-order valence-corrected chi connectivity index (χ0v) is 18.8. The molecule has 0 spiro atoms. The fraction of sp³-hybridized carbons (Fsp3) is 0.182. The Balaban J connectivity index is 1.85. The van der Waals surface area contributed by atoms with Crippen LogP contribution in [0.1, 0.15) is 27.2 Å². The number of amides is 1. The van der Waals surface area contributed by atoms with Gasteiger partial charge in [0.05, 0.1) is 19.2 Å². The maximum Gasteiger partial charge on any atom is 0.277 e. The van der Waals surface area contributed by atoms with Gasteiger partial charge < -0.3 is 4.74 Å². The van der Waals surface area contributed by atoms with Crippen molar-refractivity contribution in [3.8, 4) is 5.75 Å². The van der Waals surface area contributed by atoms with E-state index in [4.69, 9.17) is 4.74 Å². The third-order valence-electron chi connectivity index (χ3n) is 5.04. The molecule has 4 rings (SSSR count). The van der Waals surface area contributed by atoms with Gasteiger partial charge in [-0.3, -0.25) is 19.6 Å². The fourth-order valence-electron chi connectivity index (χ4n) is 3.20. The first kappa shape index (κ1) is 20.8. The number of ether oxygens (including phenoxy) is 1. The van der Waals surface area contributed by atoms with Crippen LogP contribution in [0.25, 0.3) is 5.78 Å². The molecule has 4 aromatic rings. The van der Waals surface area contributed by atoms with Crippen molar-refractivity contribution in [3.63, 3.8) is 0 Å². The molecule has 0 aliphatic heterocycles. The maximum absolute atomic E-state index is 13.6. The molecule has 31 heavy (non-hydrogen) atoms. The minimum Gasteiger partial charge on any atom is -0.496 e. The molecule has 0 radical (unpaired) electrons. The van der Waals surface area contributed by atoms with E-state index in [-0.39, 0.29) is 29.7 Å². The van der Waals surface area contributed by atoms with Gasteiger partial charge in [0.1, 0.15) is 5.75 Å². The molecule has 158 valence electrons. The summed E-state index contributed by atoms with van der Waals surface area (Å²) in [4.78, 5) is 36.5. The van der Waals surface area contributed by atoms with E-state index in [0.29, 0.717) is 22.6 Å². The predicted molar refractivity (Wildman–Crippen MR) is 121 cm³/mol. The summed E-state index contributed by atoms with van der Waals surface area (Å²) in [6.07, 6.45) is 0. The van der Waals surface area contributed by atoms with E-state index in [0.717, 1.165) is 10.0 Å². The van der Waals surface area contributed by atoms with Crippen LogP contribution in [-0.4, -0.2) is 32.6 Å². The lowest BCUT2D eigenvalue weighted by Crippen LogP contribution is -2.32. The number of aromatic amines is 1. The number of carbonyl (C=O) groups is 1. The molecule has 0 unspecified atom stereocenters. The van der Waals surface area contributed by atoms with Crippen LogP contribution in [0.3, 0.4) is 0 Å². The van der Waals surface area contributed by atoms with Gasteiger partial charge in [0, 0.05) is 15.7 Å².